The molecule has 0 aliphatic rings. The second-order valence-electron chi connectivity index (χ2n) is 4.56. The number of aliphatic hydroxyl groups is 1. The van der Waals surface area contributed by atoms with Crippen molar-refractivity contribution in [3.8, 4) is 0 Å². The highest BCUT2D eigenvalue weighted by molar-refractivity contribution is 5.33. The van der Waals surface area contributed by atoms with E-state index in [1.807, 2.05) is 0 Å². The third-order valence-electron chi connectivity index (χ3n) is 2.98. The first-order valence-corrected chi connectivity index (χ1v) is 6.23. The van der Waals surface area contributed by atoms with Crippen LogP contribution >= 0.6 is 0 Å². The average Bonchev–Trinajstić information content (AvgIpc) is 2.47. The Bertz CT molecular complexity index is 521. The zero-order chi connectivity index (χ0) is 15.3. The van der Waals surface area contributed by atoms with Crippen LogP contribution in [0.5, 0.6) is 0 Å². The Kier molecular flexibility index (Phi) is 4.54. The minimum atomic E-state index is -4.34. The molecular weight excluding hydrogens is 283 g/mol. The van der Waals surface area contributed by atoms with E-state index < -0.39 is 18.3 Å². The van der Waals surface area contributed by atoms with Crippen LogP contribution in [0.3, 0.4) is 0 Å². The van der Waals surface area contributed by atoms with Crippen LogP contribution in [0.15, 0.2) is 49.1 Å². The van der Waals surface area contributed by atoms with Crippen LogP contribution in [0.4, 0.5) is 13.2 Å². The molecule has 0 unspecified atom stereocenters. The lowest BCUT2D eigenvalue weighted by Crippen LogP contribution is -2.42. The summed E-state index contributed by atoms with van der Waals surface area (Å²) < 4.78 is 36.8. The molecule has 2 rings (SSSR count). The number of halogens is 3. The van der Waals surface area contributed by atoms with Crippen LogP contribution in [0.25, 0.3) is 0 Å². The number of nitrogens with zero attached hydrogens (tertiary/aromatic N) is 2. The summed E-state index contributed by atoms with van der Waals surface area (Å²) in [5, 5.41) is 13.1. The summed E-state index contributed by atoms with van der Waals surface area (Å²) in [4.78, 5) is 7.81. The summed E-state index contributed by atoms with van der Waals surface area (Å²) in [5.74, 6) is 0. The van der Waals surface area contributed by atoms with Gasteiger partial charge in [0.25, 0.3) is 0 Å². The number of nitrogens with one attached hydrogen (secondary N) is 1. The van der Waals surface area contributed by atoms with Crippen molar-refractivity contribution in [2.45, 2.75) is 11.8 Å². The quantitative estimate of drug-likeness (QED) is 0.884. The van der Waals surface area contributed by atoms with Crippen molar-refractivity contribution in [3.63, 3.8) is 0 Å². The van der Waals surface area contributed by atoms with Crippen molar-refractivity contribution in [1.82, 2.24) is 15.3 Å². The maximum absolute atomic E-state index is 12.3. The summed E-state index contributed by atoms with van der Waals surface area (Å²) in [6.07, 6.45) is 1.54. The number of rotatable bonds is 5. The number of hydrogen-bond acceptors (Lipinski definition) is 4. The Hall–Kier alpha value is -1.99. The van der Waals surface area contributed by atoms with Gasteiger partial charge in [-0.25, -0.2) is 0 Å². The highest BCUT2D eigenvalue weighted by Gasteiger charge is 2.34. The third kappa shape index (κ3) is 3.99. The first kappa shape index (κ1) is 15.4. The molecule has 112 valence electrons. The zero-order valence-electron chi connectivity index (χ0n) is 11.0. The normalized spacial score (nSPS) is 12.4. The molecule has 2 N–H and O–H groups in total. The standard InChI is InChI=1S/C14H14F3N3O/c15-14(16,17)10-20-9-13(21,11-3-1-5-18-7-11)12-4-2-6-19-8-12/h1-8,20-21H,9-10H2. The van der Waals surface area contributed by atoms with Crippen LogP contribution in [0.2, 0.25) is 0 Å². The van der Waals surface area contributed by atoms with Gasteiger partial charge in [-0.2, -0.15) is 13.2 Å². The van der Waals surface area contributed by atoms with E-state index in [-0.39, 0.29) is 6.54 Å². The molecule has 0 radical (unpaired) electrons. The van der Waals surface area contributed by atoms with Gasteiger partial charge in [0.2, 0.25) is 0 Å². The van der Waals surface area contributed by atoms with Crippen molar-refractivity contribution < 1.29 is 18.3 Å². The Labute approximate surface area is 119 Å². The van der Waals surface area contributed by atoms with Gasteiger partial charge in [0, 0.05) is 42.5 Å². The van der Waals surface area contributed by atoms with E-state index in [0.717, 1.165) is 0 Å². The van der Waals surface area contributed by atoms with Gasteiger partial charge in [-0.05, 0) is 12.1 Å². The molecule has 0 amide bonds. The molecule has 2 heterocycles. The Morgan fingerprint density at radius 2 is 1.48 bits per heavy atom. The largest absolute Gasteiger partial charge is 0.401 e. The summed E-state index contributed by atoms with van der Waals surface area (Å²) in [6.45, 7) is -1.49. The molecule has 0 aliphatic heterocycles. The van der Waals surface area contributed by atoms with Gasteiger partial charge in [0.15, 0.2) is 0 Å². The molecule has 2 aromatic heterocycles. The maximum Gasteiger partial charge on any atom is 0.401 e. The molecule has 0 bridgehead atoms. The maximum atomic E-state index is 12.3. The smallest absolute Gasteiger partial charge is 0.379 e. The molecule has 0 saturated heterocycles. The summed E-state index contributed by atoms with van der Waals surface area (Å²) in [7, 11) is 0. The molecule has 0 spiro atoms. The van der Waals surface area contributed by atoms with E-state index in [1.54, 1.807) is 24.3 Å². The van der Waals surface area contributed by atoms with E-state index >= 15 is 0 Å². The molecule has 21 heavy (non-hydrogen) atoms. The fourth-order valence-electron chi connectivity index (χ4n) is 1.97. The number of pyridine rings is 2. The SMILES string of the molecule is OC(CNCC(F)(F)F)(c1cccnc1)c1cccnc1. The molecule has 2 aromatic rings. The van der Waals surface area contributed by atoms with Crippen molar-refractivity contribution in [1.29, 1.82) is 0 Å². The van der Waals surface area contributed by atoms with E-state index in [2.05, 4.69) is 15.3 Å². The molecule has 0 aromatic carbocycles. The highest BCUT2D eigenvalue weighted by atomic mass is 19.4. The topological polar surface area (TPSA) is 58.0 Å². The first-order chi connectivity index (χ1) is 9.92. The third-order valence-corrected chi connectivity index (χ3v) is 2.98. The second-order valence-corrected chi connectivity index (χ2v) is 4.56. The van der Waals surface area contributed by atoms with Gasteiger partial charge in [-0.1, -0.05) is 12.1 Å². The number of hydrogen-bond donors (Lipinski definition) is 2. The van der Waals surface area contributed by atoms with E-state index in [1.165, 1.54) is 24.8 Å². The van der Waals surface area contributed by atoms with Crippen LogP contribution in [0, 0.1) is 0 Å². The van der Waals surface area contributed by atoms with Gasteiger partial charge < -0.3 is 10.4 Å². The summed E-state index contributed by atoms with van der Waals surface area (Å²) >= 11 is 0. The monoisotopic (exact) mass is 297 g/mol. The minimum absolute atomic E-state index is 0.302. The average molecular weight is 297 g/mol. The summed E-state index contributed by atoms with van der Waals surface area (Å²) in [5.41, 5.74) is -0.839. The van der Waals surface area contributed by atoms with E-state index in [4.69, 9.17) is 0 Å². The predicted molar refractivity (Wildman–Crippen MR) is 70.4 cm³/mol. The molecule has 0 saturated carbocycles. The molecular formula is C14H14F3N3O. The molecule has 7 heteroatoms. The van der Waals surface area contributed by atoms with Crippen molar-refractivity contribution in [2.24, 2.45) is 0 Å². The van der Waals surface area contributed by atoms with Crippen LogP contribution in [0.1, 0.15) is 11.1 Å². The number of aromatic nitrogens is 2. The lowest BCUT2D eigenvalue weighted by Gasteiger charge is -2.29. The molecule has 4 nitrogen and oxygen atoms in total. The van der Waals surface area contributed by atoms with Crippen molar-refractivity contribution in [3.05, 3.63) is 60.2 Å². The second kappa shape index (κ2) is 6.19. The van der Waals surface area contributed by atoms with Crippen molar-refractivity contribution >= 4 is 0 Å². The van der Waals surface area contributed by atoms with Crippen LogP contribution < -0.4 is 5.32 Å². The van der Waals surface area contributed by atoms with E-state index in [9.17, 15) is 18.3 Å². The van der Waals surface area contributed by atoms with Gasteiger partial charge in [-0.15, -0.1) is 0 Å². The lowest BCUT2D eigenvalue weighted by molar-refractivity contribution is -0.126. The van der Waals surface area contributed by atoms with Gasteiger partial charge in [0.05, 0.1) is 6.54 Å². The Balaban J connectivity index is 2.27. The highest BCUT2D eigenvalue weighted by Crippen LogP contribution is 2.28. The molecule has 0 aliphatic carbocycles. The van der Waals surface area contributed by atoms with Crippen LogP contribution in [-0.4, -0.2) is 34.3 Å². The fraction of sp³-hybridized carbons (Fsp3) is 0.286. The number of alkyl halides is 3. The summed E-state index contributed by atoms with van der Waals surface area (Å²) in [6, 6.07) is 6.44. The molecule has 0 atom stereocenters. The van der Waals surface area contributed by atoms with Crippen molar-refractivity contribution in [2.75, 3.05) is 13.1 Å². The van der Waals surface area contributed by atoms with Gasteiger partial charge in [-0.3, -0.25) is 9.97 Å². The van der Waals surface area contributed by atoms with E-state index in [0.29, 0.717) is 11.1 Å². The minimum Gasteiger partial charge on any atom is -0.379 e. The lowest BCUT2D eigenvalue weighted by atomic mass is 9.88. The fourth-order valence-corrected chi connectivity index (χ4v) is 1.97. The van der Waals surface area contributed by atoms with Gasteiger partial charge >= 0.3 is 6.18 Å². The predicted octanol–water partition coefficient (Wildman–Crippen LogP) is 1.86. The van der Waals surface area contributed by atoms with Crippen LogP contribution in [-0.2, 0) is 5.60 Å². The zero-order valence-corrected chi connectivity index (χ0v) is 11.0. The first-order valence-electron chi connectivity index (χ1n) is 6.23. The Morgan fingerprint density at radius 1 is 0.952 bits per heavy atom. The van der Waals surface area contributed by atoms with Gasteiger partial charge in [0.1, 0.15) is 5.60 Å². The Morgan fingerprint density at radius 3 is 1.86 bits per heavy atom. The molecule has 0 fully saturated rings.